The number of hydrogen-bond acceptors (Lipinski definition) is 4. The van der Waals surface area contributed by atoms with E-state index >= 15 is 0 Å². The van der Waals surface area contributed by atoms with Crippen LogP contribution < -0.4 is 0 Å². The maximum Gasteiger partial charge on any atom is 0.114 e. The average Bonchev–Trinajstić information content (AvgIpc) is 2.88. The molecule has 106 valence electrons. The van der Waals surface area contributed by atoms with Gasteiger partial charge in [-0.3, -0.25) is 0 Å². The molecule has 0 aromatic carbocycles. The monoisotopic (exact) mass is 283 g/mol. The lowest BCUT2D eigenvalue weighted by Gasteiger charge is -2.16. The number of hydrogen-bond donors (Lipinski definition) is 2. The topological polar surface area (TPSA) is 89.2 Å². The summed E-state index contributed by atoms with van der Waals surface area (Å²) in [5.41, 5.74) is 9.31. The SMILES string of the molecule is CCCCCCc1ccsc1C(O)C(O)CN=[N+]=[N-]. The van der Waals surface area contributed by atoms with Gasteiger partial charge in [0.2, 0.25) is 0 Å². The van der Waals surface area contributed by atoms with Crippen LogP contribution in [0.5, 0.6) is 0 Å². The number of aliphatic hydroxyl groups is 2. The van der Waals surface area contributed by atoms with Crippen LogP contribution in [0.3, 0.4) is 0 Å². The van der Waals surface area contributed by atoms with Crippen LogP contribution in [0.1, 0.15) is 49.2 Å². The first-order chi connectivity index (χ1) is 9.20. The van der Waals surface area contributed by atoms with E-state index in [2.05, 4.69) is 16.9 Å². The summed E-state index contributed by atoms with van der Waals surface area (Å²) in [6, 6.07) is 2.00. The quantitative estimate of drug-likeness (QED) is 0.314. The van der Waals surface area contributed by atoms with Crippen LogP contribution in [0.25, 0.3) is 10.4 Å². The minimum Gasteiger partial charge on any atom is -0.390 e. The average molecular weight is 283 g/mol. The number of aryl methyl sites for hydroxylation is 1. The van der Waals surface area contributed by atoms with Gasteiger partial charge in [0.15, 0.2) is 0 Å². The predicted octanol–water partition coefficient (Wildman–Crippen LogP) is 3.58. The second-order valence-corrected chi connectivity index (χ2v) is 5.49. The van der Waals surface area contributed by atoms with Crippen molar-refractivity contribution in [2.75, 3.05) is 6.54 Å². The normalized spacial score (nSPS) is 13.8. The Morgan fingerprint density at radius 3 is 2.84 bits per heavy atom. The molecule has 2 atom stereocenters. The van der Waals surface area contributed by atoms with E-state index in [1.165, 1.54) is 30.6 Å². The van der Waals surface area contributed by atoms with Crippen LogP contribution in [-0.4, -0.2) is 22.9 Å². The molecule has 0 aliphatic heterocycles. The highest BCUT2D eigenvalue weighted by Gasteiger charge is 2.21. The molecule has 0 spiro atoms. The van der Waals surface area contributed by atoms with E-state index in [9.17, 15) is 10.2 Å². The minimum absolute atomic E-state index is 0.106. The molecule has 0 aliphatic carbocycles. The van der Waals surface area contributed by atoms with E-state index in [-0.39, 0.29) is 6.54 Å². The Morgan fingerprint density at radius 1 is 1.37 bits per heavy atom. The predicted molar refractivity (Wildman–Crippen MR) is 77.1 cm³/mol. The third-order valence-corrected chi connectivity index (χ3v) is 4.08. The Hall–Kier alpha value is -1.07. The Bertz CT molecular complexity index is 416. The van der Waals surface area contributed by atoms with Gasteiger partial charge in [0.1, 0.15) is 6.10 Å². The van der Waals surface area contributed by atoms with E-state index < -0.39 is 12.2 Å². The zero-order valence-electron chi connectivity index (χ0n) is 11.2. The molecular weight excluding hydrogens is 262 g/mol. The van der Waals surface area contributed by atoms with Crippen molar-refractivity contribution in [3.8, 4) is 0 Å². The van der Waals surface area contributed by atoms with Crippen molar-refractivity contribution in [2.24, 2.45) is 5.11 Å². The highest BCUT2D eigenvalue weighted by atomic mass is 32.1. The summed E-state index contributed by atoms with van der Waals surface area (Å²) in [5.74, 6) is 0. The number of unbranched alkanes of at least 4 members (excludes halogenated alkanes) is 3. The van der Waals surface area contributed by atoms with Crippen molar-refractivity contribution >= 4 is 11.3 Å². The summed E-state index contributed by atoms with van der Waals surface area (Å²) in [4.78, 5) is 3.38. The molecule has 1 aromatic rings. The molecule has 0 fully saturated rings. The van der Waals surface area contributed by atoms with Crippen LogP contribution >= 0.6 is 11.3 Å². The lowest BCUT2D eigenvalue weighted by Crippen LogP contribution is -2.21. The van der Waals surface area contributed by atoms with Crippen molar-refractivity contribution in [1.29, 1.82) is 0 Å². The van der Waals surface area contributed by atoms with Gasteiger partial charge in [0.05, 0.1) is 12.6 Å². The van der Waals surface area contributed by atoms with Gasteiger partial charge in [-0.1, -0.05) is 31.3 Å². The Kier molecular flexibility index (Phi) is 7.52. The third-order valence-electron chi connectivity index (χ3n) is 3.05. The lowest BCUT2D eigenvalue weighted by atomic mass is 10.0. The summed E-state index contributed by atoms with van der Waals surface area (Å²) in [6.07, 6.45) is 3.62. The number of rotatable bonds is 9. The van der Waals surface area contributed by atoms with Gasteiger partial charge in [-0.05, 0) is 35.4 Å². The smallest absolute Gasteiger partial charge is 0.114 e. The first kappa shape index (κ1) is 16.0. The fourth-order valence-electron chi connectivity index (χ4n) is 1.95. The molecule has 1 rings (SSSR count). The molecule has 0 saturated heterocycles. The molecule has 5 nitrogen and oxygen atoms in total. The number of thiophene rings is 1. The molecule has 2 unspecified atom stereocenters. The van der Waals surface area contributed by atoms with E-state index in [1.807, 2.05) is 11.4 Å². The van der Waals surface area contributed by atoms with Gasteiger partial charge in [0, 0.05) is 9.79 Å². The summed E-state index contributed by atoms with van der Waals surface area (Å²) in [5, 5.41) is 25.0. The summed E-state index contributed by atoms with van der Waals surface area (Å²) >= 11 is 1.44. The summed E-state index contributed by atoms with van der Waals surface area (Å²) in [7, 11) is 0. The lowest BCUT2D eigenvalue weighted by molar-refractivity contribution is 0.0261. The van der Waals surface area contributed by atoms with Crippen molar-refractivity contribution in [3.63, 3.8) is 0 Å². The number of nitrogens with zero attached hydrogens (tertiary/aromatic N) is 3. The van der Waals surface area contributed by atoms with Gasteiger partial charge in [0.25, 0.3) is 0 Å². The Labute approximate surface area is 117 Å². The zero-order valence-corrected chi connectivity index (χ0v) is 12.0. The first-order valence-corrected chi connectivity index (χ1v) is 7.52. The van der Waals surface area contributed by atoms with Crippen molar-refractivity contribution in [2.45, 2.75) is 51.2 Å². The van der Waals surface area contributed by atoms with Gasteiger partial charge >= 0.3 is 0 Å². The molecule has 19 heavy (non-hydrogen) atoms. The Balaban J connectivity index is 2.57. The molecule has 1 heterocycles. The Morgan fingerprint density at radius 2 is 2.16 bits per heavy atom. The molecule has 0 aliphatic rings. The maximum atomic E-state index is 10.1. The third kappa shape index (κ3) is 5.20. The highest BCUT2D eigenvalue weighted by Crippen LogP contribution is 2.28. The van der Waals surface area contributed by atoms with Crippen LogP contribution in [0, 0.1) is 0 Å². The fourth-order valence-corrected chi connectivity index (χ4v) is 2.95. The number of aliphatic hydroxyl groups excluding tert-OH is 2. The fraction of sp³-hybridized carbons (Fsp3) is 0.692. The largest absolute Gasteiger partial charge is 0.390 e. The molecule has 0 bridgehead atoms. The molecule has 0 amide bonds. The second kappa shape index (κ2) is 8.93. The van der Waals surface area contributed by atoms with Gasteiger partial charge < -0.3 is 10.2 Å². The summed E-state index contributed by atoms with van der Waals surface area (Å²) in [6.45, 7) is 2.07. The van der Waals surface area contributed by atoms with Crippen LogP contribution in [0.4, 0.5) is 0 Å². The van der Waals surface area contributed by atoms with Crippen molar-refractivity contribution < 1.29 is 10.2 Å². The van der Waals surface area contributed by atoms with Crippen LogP contribution in [0.2, 0.25) is 0 Å². The van der Waals surface area contributed by atoms with Gasteiger partial charge in [-0.2, -0.15) is 0 Å². The number of azide groups is 1. The molecular formula is C13H21N3O2S. The maximum absolute atomic E-state index is 10.1. The molecule has 2 N–H and O–H groups in total. The minimum atomic E-state index is -1.04. The standard InChI is InChI=1S/C13H21N3O2S/c1-2-3-4-5-6-10-7-8-19-13(10)12(18)11(17)9-15-16-14/h7-8,11-12,17-18H,2-6,9H2,1H3. The molecule has 6 heteroatoms. The van der Waals surface area contributed by atoms with E-state index in [1.54, 1.807) is 0 Å². The van der Waals surface area contributed by atoms with Gasteiger partial charge in [-0.25, -0.2) is 0 Å². The van der Waals surface area contributed by atoms with Gasteiger partial charge in [-0.15, -0.1) is 11.3 Å². The van der Waals surface area contributed by atoms with E-state index in [0.29, 0.717) is 0 Å². The first-order valence-electron chi connectivity index (χ1n) is 6.64. The van der Waals surface area contributed by atoms with Crippen LogP contribution in [-0.2, 0) is 6.42 Å². The summed E-state index contributed by atoms with van der Waals surface area (Å²) < 4.78 is 0. The molecule has 1 aromatic heterocycles. The molecule has 0 radical (unpaired) electrons. The van der Waals surface area contributed by atoms with E-state index in [0.717, 1.165) is 23.3 Å². The van der Waals surface area contributed by atoms with Crippen molar-refractivity contribution in [3.05, 3.63) is 32.3 Å². The second-order valence-electron chi connectivity index (χ2n) is 4.55. The highest BCUT2D eigenvalue weighted by molar-refractivity contribution is 7.10. The zero-order chi connectivity index (χ0) is 14.1. The van der Waals surface area contributed by atoms with Crippen LogP contribution in [0.15, 0.2) is 16.6 Å². The molecule has 0 saturated carbocycles. The van der Waals surface area contributed by atoms with Crippen molar-refractivity contribution in [1.82, 2.24) is 0 Å². The van der Waals surface area contributed by atoms with E-state index in [4.69, 9.17) is 5.53 Å².